The van der Waals surface area contributed by atoms with E-state index in [4.69, 9.17) is 0 Å². The Labute approximate surface area is 126 Å². The predicted octanol–water partition coefficient (Wildman–Crippen LogP) is 2.38. The number of benzene rings is 1. The van der Waals surface area contributed by atoms with E-state index in [1.165, 1.54) is 0 Å². The van der Waals surface area contributed by atoms with Crippen LogP contribution in [0.5, 0.6) is 5.75 Å². The smallest absolute Gasteiger partial charge is 0.224 e. The SMILES string of the molecule is CC1(C)CCC(O)(CNC(=O)Cc2ccc(O)cc2)CC1. The molecule has 0 saturated heterocycles. The minimum atomic E-state index is -0.764. The molecule has 1 aliphatic rings. The number of aliphatic hydroxyl groups is 1. The highest BCUT2D eigenvalue weighted by Crippen LogP contribution is 2.39. The number of rotatable bonds is 4. The molecule has 0 radical (unpaired) electrons. The van der Waals surface area contributed by atoms with Crippen molar-refractivity contribution in [1.82, 2.24) is 5.32 Å². The Hall–Kier alpha value is -1.55. The molecule has 21 heavy (non-hydrogen) atoms. The Bertz CT molecular complexity index is 483. The summed E-state index contributed by atoms with van der Waals surface area (Å²) in [4.78, 5) is 11.9. The van der Waals surface area contributed by atoms with Gasteiger partial charge >= 0.3 is 0 Å². The lowest BCUT2D eigenvalue weighted by Crippen LogP contribution is -2.46. The van der Waals surface area contributed by atoms with Crippen LogP contribution < -0.4 is 5.32 Å². The second kappa shape index (κ2) is 6.06. The van der Waals surface area contributed by atoms with Crippen LogP contribution in [-0.4, -0.2) is 28.3 Å². The molecule has 4 nitrogen and oxygen atoms in total. The summed E-state index contributed by atoms with van der Waals surface area (Å²) in [5.41, 5.74) is 0.379. The normalized spacial score (nSPS) is 20.0. The van der Waals surface area contributed by atoms with Gasteiger partial charge in [-0.3, -0.25) is 4.79 Å². The van der Waals surface area contributed by atoms with Crippen molar-refractivity contribution in [2.45, 2.75) is 51.6 Å². The minimum absolute atomic E-state index is 0.0982. The molecule has 1 saturated carbocycles. The van der Waals surface area contributed by atoms with Gasteiger partial charge in [0.1, 0.15) is 5.75 Å². The van der Waals surface area contributed by atoms with E-state index in [1.54, 1.807) is 24.3 Å². The van der Waals surface area contributed by atoms with E-state index in [9.17, 15) is 15.0 Å². The number of amides is 1. The van der Waals surface area contributed by atoms with Crippen molar-refractivity contribution in [2.75, 3.05) is 6.54 Å². The van der Waals surface area contributed by atoms with E-state index in [0.29, 0.717) is 12.0 Å². The molecule has 0 atom stereocenters. The molecule has 0 spiro atoms. The fourth-order valence-electron chi connectivity index (χ4n) is 2.69. The summed E-state index contributed by atoms with van der Waals surface area (Å²) < 4.78 is 0. The zero-order valence-electron chi connectivity index (χ0n) is 12.9. The van der Waals surface area contributed by atoms with E-state index >= 15 is 0 Å². The molecule has 0 bridgehead atoms. The van der Waals surface area contributed by atoms with Crippen molar-refractivity contribution >= 4 is 5.91 Å². The number of nitrogens with one attached hydrogen (secondary N) is 1. The topological polar surface area (TPSA) is 69.6 Å². The molecule has 0 aliphatic heterocycles. The van der Waals surface area contributed by atoms with Crippen molar-refractivity contribution in [3.05, 3.63) is 29.8 Å². The highest BCUT2D eigenvalue weighted by atomic mass is 16.3. The molecule has 1 fully saturated rings. The van der Waals surface area contributed by atoms with Gasteiger partial charge in [0, 0.05) is 6.54 Å². The standard InChI is InChI=1S/C17H25NO3/c1-16(2)7-9-17(21,10-8-16)12-18-15(20)11-13-3-5-14(19)6-4-13/h3-6,19,21H,7-12H2,1-2H3,(H,18,20). The van der Waals surface area contributed by atoms with Gasteiger partial charge in [0.2, 0.25) is 5.91 Å². The predicted molar refractivity (Wildman–Crippen MR) is 82.0 cm³/mol. The third kappa shape index (κ3) is 4.74. The Kier molecular flexibility index (Phi) is 4.57. The molecule has 116 valence electrons. The van der Waals surface area contributed by atoms with Gasteiger partial charge in [-0.2, -0.15) is 0 Å². The van der Waals surface area contributed by atoms with Gasteiger partial charge in [-0.15, -0.1) is 0 Å². The molecule has 3 N–H and O–H groups in total. The van der Waals surface area contributed by atoms with Crippen LogP contribution in [0.4, 0.5) is 0 Å². The number of hydrogen-bond donors (Lipinski definition) is 3. The maximum Gasteiger partial charge on any atom is 0.224 e. The van der Waals surface area contributed by atoms with Gasteiger partial charge < -0.3 is 15.5 Å². The molecule has 1 amide bonds. The first kappa shape index (κ1) is 15.8. The Morgan fingerprint density at radius 3 is 2.29 bits per heavy atom. The van der Waals surface area contributed by atoms with Crippen LogP contribution in [0.2, 0.25) is 0 Å². The van der Waals surface area contributed by atoms with Crippen molar-refractivity contribution in [2.24, 2.45) is 5.41 Å². The highest BCUT2D eigenvalue weighted by molar-refractivity contribution is 5.78. The van der Waals surface area contributed by atoms with Crippen LogP contribution >= 0.6 is 0 Å². The van der Waals surface area contributed by atoms with E-state index in [-0.39, 0.29) is 18.1 Å². The number of hydrogen-bond acceptors (Lipinski definition) is 3. The van der Waals surface area contributed by atoms with Crippen LogP contribution in [-0.2, 0) is 11.2 Å². The zero-order chi connectivity index (χ0) is 15.5. The maximum absolute atomic E-state index is 11.9. The lowest BCUT2D eigenvalue weighted by atomic mass is 9.71. The molecule has 2 rings (SSSR count). The van der Waals surface area contributed by atoms with Gasteiger partial charge in [0.15, 0.2) is 0 Å². The second-order valence-electron chi connectivity index (χ2n) is 7.01. The van der Waals surface area contributed by atoms with E-state index < -0.39 is 5.60 Å². The zero-order valence-corrected chi connectivity index (χ0v) is 12.9. The molecule has 1 aliphatic carbocycles. The highest BCUT2D eigenvalue weighted by Gasteiger charge is 2.36. The average molecular weight is 291 g/mol. The lowest BCUT2D eigenvalue weighted by Gasteiger charge is -2.40. The number of carbonyl (C=O) groups is 1. The first-order valence-electron chi connectivity index (χ1n) is 7.55. The first-order valence-corrected chi connectivity index (χ1v) is 7.55. The van der Waals surface area contributed by atoms with E-state index in [1.807, 2.05) is 0 Å². The third-order valence-corrected chi connectivity index (χ3v) is 4.45. The maximum atomic E-state index is 11.9. The molecule has 1 aromatic carbocycles. The summed E-state index contributed by atoms with van der Waals surface area (Å²) in [6.45, 7) is 4.76. The summed E-state index contributed by atoms with van der Waals surface area (Å²) >= 11 is 0. The van der Waals surface area contributed by atoms with E-state index in [2.05, 4.69) is 19.2 Å². The van der Waals surface area contributed by atoms with Crippen molar-refractivity contribution < 1.29 is 15.0 Å². The van der Waals surface area contributed by atoms with Gasteiger partial charge in [0.25, 0.3) is 0 Å². The van der Waals surface area contributed by atoms with Crippen LogP contribution in [0.1, 0.15) is 45.1 Å². The number of phenolic OH excluding ortho intramolecular Hbond substituents is 1. The molecule has 4 heteroatoms. The van der Waals surface area contributed by atoms with E-state index in [0.717, 1.165) is 31.2 Å². The quantitative estimate of drug-likeness (QED) is 0.797. The molecule has 0 unspecified atom stereocenters. The van der Waals surface area contributed by atoms with Gasteiger partial charge in [0.05, 0.1) is 12.0 Å². The van der Waals surface area contributed by atoms with Crippen LogP contribution in [0.15, 0.2) is 24.3 Å². The van der Waals surface area contributed by atoms with Crippen LogP contribution in [0, 0.1) is 5.41 Å². The third-order valence-electron chi connectivity index (χ3n) is 4.45. The second-order valence-corrected chi connectivity index (χ2v) is 7.01. The summed E-state index contributed by atoms with van der Waals surface area (Å²) in [6, 6.07) is 6.60. The molecule has 0 heterocycles. The number of phenols is 1. The monoisotopic (exact) mass is 291 g/mol. The van der Waals surface area contributed by atoms with Crippen molar-refractivity contribution in [1.29, 1.82) is 0 Å². The Balaban J connectivity index is 1.80. The summed E-state index contributed by atoms with van der Waals surface area (Å²) in [5, 5.41) is 22.5. The molecular formula is C17H25NO3. The van der Waals surface area contributed by atoms with Gasteiger partial charge in [-0.1, -0.05) is 26.0 Å². The van der Waals surface area contributed by atoms with Crippen LogP contribution in [0.25, 0.3) is 0 Å². The Morgan fingerprint density at radius 1 is 1.14 bits per heavy atom. The van der Waals surface area contributed by atoms with Crippen LogP contribution in [0.3, 0.4) is 0 Å². The largest absolute Gasteiger partial charge is 0.508 e. The van der Waals surface area contributed by atoms with Crippen molar-refractivity contribution in [3.8, 4) is 5.75 Å². The Morgan fingerprint density at radius 2 is 1.71 bits per heavy atom. The summed E-state index contributed by atoms with van der Waals surface area (Å²) in [6.07, 6.45) is 3.70. The van der Waals surface area contributed by atoms with Gasteiger partial charge in [-0.05, 0) is 48.8 Å². The van der Waals surface area contributed by atoms with Gasteiger partial charge in [-0.25, -0.2) is 0 Å². The lowest BCUT2D eigenvalue weighted by molar-refractivity contribution is -0.122. The minimum Gasteiger partial charge on any atom is -0.508 e. The molecule has 1 aromatic rings. The number of aromatic hydroxyl groups is 1. The molecular weight excluding hydrogens is 266 g/mol. The number of carbonyl (C=O) groups excluding carboxylic acids is 1. The first-order chi connectivity index (χ1) is 9.78. The fourth-order valence-corrected chi connectivity index (χ4v) is 2.69. The summed E-state index contributed by atoms with van der Waals surface area (Å²) in [7, 11) is 0. The molecule has 0 aromatic heterocycles. The fraction of sp³-hybridized carbons (Fsp3) is 0.588. The van der Waals surface area contributed by atoms with Crippen molar-refractivity contribution in [3.63, 3.8) is 0 Å². The average Bonchev–Trinajstić information content (AvgIpc) is 2.43. The summed E-state index contributed by atoms with van der Waals surface area (Å²) in [5.74, 6) is 0.0947.